The summed E-state index contributed by atoms with van der Waals surface area (Å²) in [6.45, 7) is 2.24. The molecule has 2 aliphatic heterocycles. The number of rotatable bonds is 2. The second kappa shape index (κ2) is 6.99. The van der Waals surface area contributed by atoms with Crippen LogP contribution < -0.4 is 20.5 Å². The van der Waals surface area contributed by atoms with E-state index in [-0.39, 0.29) is 30.0 Å². The molecule has 7 nitrogen and oxygen atoms in total. The van der Waals surface area contributed by atoms with Crippen molar-refractivity contribution >= 4 is 24.3 Å². The standard InChI is InChI=1S/C13H16F3N5O2.ClH/c1-23-9-2-3-10(19-11(9)13(14,15)16)21-12(22)20-5-4-17-6-8(20)7-18-21;/h2-3,8,17-18H,4-7H2,1H3;1H. The number of hydrogen-bond acceptors (Lipinski definition) is 5. The number of pyridine rings is 1. The molecular weight excluding hydrogens is 351 g/mol. The van der Waals surface area contributed by atoms with E-state index in [2.05, 4.69) is 15.7 Å². The van der Waals surface area contributed by atoms with Gasteiger partial charge in [-0.1, -0.05) is 0 Å². The molecule has 24 heavy (non-hydrogen) atoms. The Morgan fingerprint density at radius 3 is 2.75 bits per heavy atom. The molecule has 0 aliphatic carbocycles. The van der Waals surface area contributed by atoms with Gasteiger partial charge in [0.2, 0.25) is 0 Å². The predicted octanol–water partition coefficient (Wildman–Crippen LogP) is 1.25. The zero-order chi connectivity index (χ0) is 16.6. The van der Waals surface area contributed by atoms with E-state index >= 15 is 0 Å². The zero-order valence-corrected chi connectivity index (χ0v) is 13.6. The number of hydrazine groups is 1. The van der Waals surface area contributed by atoms with Gasteiger partial charge in [0.05, 0.1) is 13.2 Å². The lowest BCUT2D eigenvalue weighted by Crippen LogP contribution is -2.68. The number of halogens is 4. The third-order valence-corrected chi connectivity index (χ3v) is 3.83. The molecule has 2 aliphatic rings. The lowest BCUT2D eigenvalue weighted by atomic mass is 10.2. The Bertz CT molecular complexity index is 616. The number of fused-ring (bicyclic) bond motifs is 1. The fourth-order valence-corrected chi connectivity index (χ4v) is 2.70. The highest BCUT2D eigenvalue weighted by atomic mass is 35.5. The van der Waals surface area contributed by atoms with Crippen LogP contribution in [0, 0.1) is 0 Å². The molecule has 2 N–H and O–H groups in total. The number of urea groups is 1. The Hall–Kier alpha value is -1.78. The van der Waals surface area contributed by atoms with Crippen LogP contribution in [-0.2, 0) is 6.18 Å². The molecule has 3 rings (SSSR count). The van der Waals surface area contributed by atoms with Gasteiger partial charge in [-0.15, -0.1) is 12.4 Å². The number of nitrogens with one attached hydrogen (secondary N) is 2. The van der Waals surface area contributed by atoms with E-state index in [1.807, 2.05) is 0 Å². The van der Waals surface area contributed by atoms with Crippen molar-refractivity contribution in [3.05, 3.63) is 17.8 Å². The highest BCUT2D eigenvalue weighted by Gasteiger charge is 2.39. The summed E-state index contributed by atoms with van der Waals surface area (Å²) in [7, 11) is 1.14. The summed E-state index contributed by atoms with van der Waals surface area (Å²) in [4.78, 5) is 17.7. The fraction of sp³-hybridized carbons (Fsp3) is 0.538. The number of hydrogen-bond donors (Lipinski definition) is 2. The average Bonchev–Trinajstić information content (AvgIpc) is 2.54. The van der Waals surface area contributed by atoms with Crippen LogP contribution in [0.25, 0.3) is 0 Å². The number of methoxy groups -OCH3 is 1. The molecule has 0 saturated carbocycles. The van der Waals surface area contributed by atoms with E-state index in [4.69, 9.17) is 4.74 Å². The molecule has 0 aromatic carbocycles. The van der Waals surface area contributed by atoms with Gasteiger partial charge < -0.3 is 15.0 Å². The Morgan fingerprint density at radius 1 is 1.33 bits per heavy atom. The van der Waals surface area contributed by atoms with Gasteiger partial charge in [-0.2, -0.15) is 13.2 Å². The molecule has 1 aromatic heterocycles. The van der Waals surface area contributed by atoms with Gasteiger partial charge in [0.15, 0.2) is 11.5 Å². The van der Waals surface area contributed by atoms with Crippen LogP contribution in [0.15, 0.2) is 12.1 Å². The number of aromatic nitrogens is 1. The first kappa shape index (κ1) is 18.6. The summed E-state index contributed by atoms with van der Waals surface area (Å²) in [5.41, 5.74) is 1.67. The minimum absolute atomic E-state index is 0. The number of carbonyl (C=O) groups is 1. The number of alkyl halides is 3. The summed E-state index contributed by atoms with van der Waals surface area (Å²) in [6, 6.07) is 2.05. The topological polar surface area (TPSA) is 69.7 Å². The SMILES string of the molecule is COc1ccc(N2NCC3CNCCN3C2=O)nc1C(F)(F)F.Cl. The molecule has 11 heteroatoms. The predicted molar refractivity (Wildman–Crippen MR) is 82.3 cm³/mol. The fourth-order valence-electron chi connectivity index (χ4n) is 2.70. The quantitative estimate of drug-likeness (QED) is 0.823. The third-order valence-electron chi connectivity index (χ3n) is 3.83. The maximum absolute atomic E-state index is 13.1. The zero-order valence-electron chi connectivity index (χ0n) is 12.8. The minimum atomic E-state index is -4.67. The molecule has 2 amide bonds. The molecule has 0 bridgehead atoms. The molecule has 0 spiro atoms. The van der Waals surface area contributed by atoms with Crippen LogP contribution >= 0.6 is 12.4 Å². The van der Waals surface area contributed by atoms with Crippen molar-refractivity contribution in [2.45, 2.75) is 12.2 Å². The third kappa shape index (κ3) is 3.35. The number of anilines is 1. The van der Waals surface area contributed by atoms with Crippen LogP contribution in [-0.4, -0.2) is 55.2 Å². The molecule has 1 atom stereocenters. The summed E-state index contributed by atoms with van der Waals surface area (Å²) in [5.74, 6) is -0.495. The normalized spacial score (nSPS) is 21.2. The number of amides is 2. The smallest absolute Gasteiger partial charge is 0.437 e. The average molecular weight is 368 g/mol. The number of ether oxygens (including phenoxy) is 1. The first-order valence-electron chi connectivity index (χ1n) is 7.09. The van der Waals surface area contributed by atoms with Gasteiger partial charge in [0.1, 0.15) is 5.75 Å². The monoisotopic (exact) mass is 367 g/mol. The maximum Gasteiger partial charge on any atom is 0.437 e. The van der Waals surface area contributed by atoms with Crippen molar-refractivity contribution < 1.29 is 22.7 Å². The molecule has 0 radical (unpaired) electrons. The summed E-state index contributed by atoms with van der Waals surface area (Å²) in [6.07, 6.45) is -4.67. The maximum atomic E-state index is 13.1. The van der Waals surface area contributed by atoms with Crippen LogP contribution in [0.2, 0.25) is 0 Å². The summed E-state index contributed by atoms with van der Waals surface area (Å²) in [5, 5.41) is 4.22. The lowest BCUT2D eigenvalue weighted by molar-refractivity contribution is -0.142. The van der Waals surface area contributed by atoms with E-state index in [1.165, 1.54) is 6.07 Å². The highest BCUT2D eigenvalue weighted by molar-refractivity contribution is 5.91. The molecule has 2 saturated heterocycles. The molecule has 2 fully saturated rings. The summed E-state index contributed by atoms with van der Waals surface area (Å²) < 4.78 is 43.9. The minimum Gasteiger partial charge on any atom is -0.494 e. The first-order chi connectivity index (χ1) is 10.9. The van der Waals surface area contributed by atoms with Crippen molar-refractivity contribution in [2.75, 3.05) is 38.3 Å². The van der Waals surface area contributed by atoms with Crippen molar-refractivity contribution in [1.82, 2.24) is 20.6 Å². The second-order valence-corrected chi connectivity index (χ2v) is 5.25. The van der Waals surface area contributed by atoms with Crippen molar-refractivity contribution in [1.29, 1.82) is 0 Å². The van der Waals surface area contributed by atoms with Gasteiger partial charge in [0, 0.05) is 26.2 Å². The molecule has 134 valence electrons. The Labute approximate surface area is 142 Å². The first-order valence-corrected chi connectivity index (χ1v) is 7.09. The van der Waals surface area contributed by atoms with Crippen LogP contribution in [0.1, 0.15) is 5.69 Å². The molecule has 3 heterocycles. The summed E-state index contributed by atoms with van der Waals surface area (Å²) >= 11 is 0. The van der Waals surface area contributed by atoms with Crippen molar-refractivity contribution in [2.24, 2.45) is 0 Å². The largest absolute Gasteiger partial charge is 0.494 e. The van der Waals surface area contributed by atoms with Crippen molar-refractivity contribution in [3.63, 3.8) is 0 Å². The van der Waals surface area contributed by atoms with Gasteiger partial charge in [-0.3, -0.25) is 0 Å². The van der Waals surface area contributed by atoms with Gasteiger partial charge in [0.25, 0.3) is 0 Å². The Kier molecular flexibility index (Phi) is 5.41. The second-order valence-electron chi connectivity index (χ2n) is 5.25. The van der Waals surface area contributed by atoms with E-state index in [0.717, 1.165) is 18.2 Å². The lowest BCUT2D eigenvalue weighted by Gasteiger charge is -2.43. The molecular formula is C13H17ClF3N5O2. The molecule has 1 unspecified atom stereocenters. The number of nitrogens with zero attached hydrogens (tertiary/aromatic N) is 3. The van der Waals surface area contributed by atoms with Gasteiger partial charge >= 0.3 is 12.2 Å². The van der Waals surface area contributed by atoms with E-state index in [0.29, 0.717) is 26.2 Å². The van der Waals surface area contributed by atoms with Gasteiger partial charge in [-0.05, 0) is 12.1 Å². The molecule has 1 aromatic rings. The Morgan fingerprint density at radius 2 is 2.08 bits per heavy atom. The van der Waals surface area contributed by atoms with Crippen LogP contribution in [0.3, 0.4) is 0 Å². The van der Waals surface area contributed by atoms with Crippen LogP contribution in [0.5, 0.6) is 5.75 Å². The van der Waals surface area contributed by atoms with Crippen LogP contribution in [0.4, 0.5) is 23.8 Å². The van der Waals surface area contributed by atoms with Crippen molar-refractivity contribution in [3.8, 4) is 5.75 Å². The van der Waals surface area contributed by atoms with E-state index < -0.39 is 17.9 Å². The number of piperazine rings is 1. The van der Waals surface area contributed by atoms with E-state index in [1.54, 1.807) is 4.90 Å². The highest BCUT2D eigenvalue weighted by Crippen LogP contribution is 2.36. The number of carbonyl (C=O) groups excluding carboxylic acids is 1. The van der Waals surface area contributed by atoms with Gasteiger partial charge in [-0.25, -0.2) is 20.2 Å². The van der Waals surface area contributed by atoms with E-state index in [9.17, 15) is 18.0 Å². The Balaban J connectivity index is 0.00000208.